The molecule has 43 heavy (non-hydrogen) atoms. The van der Waals surface area contributed by atoms with Gasteiger partial charge in [0.2, 0.25) is 0 Å². The maximum Gasteiger partial charge on any atom is 0.433 e. The second-order valence-corrected chi connectivity index (χ2v) is 10.0. The fourth-order valence-electron chi connectivity index (χ4n) is 4.79. The van der Waals surface area contributed by atoms with E-state index in [2.05, 4.69) is 24.9 Å². The zero-order chi connectivity index (χ0) is 31.6. The molecular formula is C27H28F6N6O4. The average Bonchev–Trinajstić information content (AvgIpc) is 3.57. The molecule has 0 amide bonds. The van der Waals surface area contributed by atoms with Crippen molar-refractivity contribution in [2.24, 2.45) is 0 Å². The van der Waals surface area contributed by atoms with Crippen molar-refractivity contribution < 1.29 is 45.4 Å². The number of carbonyl (C=O) groups excluding carboxylic acids is 2. The molecule has 0 N–H and O–H groups in total. The molecule has 4 heterocycles. The SMILES string of the molecule is CCOC(=O)c1cc2nc(C3(C)CCCCC3)cc(C(F)(F)F)n2n1.CCOC(=O)c1cc2nccc(C(F)(F)F)n2n1. The number of alkyl halides is 6. The molecule has 16 heteroatoms. The minimum atomic E-state index is -4.60. The summed E-state index contributed by atoms with van der Waals surface area (Å²) in [5.74, 6) is -1.54. The largest absolute Gasteiger partial charge is 0.461 e. The van der Waals surface area contributed by atoms with Crippen LogP contribution in [-0.2, 0) is 27.2 Å². The highest BCUT2D eigenvalue weighted by molar-refractivity contribution is 5.89. The standard InChI is InChI=1S/C17H20F3N3O2.C10H8F3N3O2/c1-3-25-15(24)11-9-14-21-12(16(2)7-5-4-6-8-16)10-13(17(18,19)20)23(14)22-11;1-2-18-9(17)6-5-8-14-4-3-7(10(11,12)13)16(8)15-6/h9-10H,3-8H2,1-2H3;3-5H,2H2,1H3. The van der Waals surface area contributed by atoms with E-state index in [0.29, 0.717) is 14.7 Å². The Hall–Kier alpha value is -4.24. The Balaban J connectivity index is 0.000000208. The van der Waals surface area contributed by atoms with Crippen molar-refractivity contribution in [3.63, 3.8) is 0 Å². The van der Waals surface area contributed by atoms with Crippen molar-refractivity contribution in [3.8, 4) is 0 Å². The normalized spacial score (nSPS) is 15.2. The summed E-state index contributed by atoms with van der Waals surface area (Å²) in [5.41, 5.74) is -2.34. The molecule has 0 unspecified atom stereocenters. The Morgan fingerprint density at radius 3 is 1.84 bits per heavy atom. The second-order valence-electron chi connectivity index (χ2n) is 10.0. The molecule has 0 saturated heterocycles. The van der Waals surface area contributed by atoms with Gasteiger partial charge < -0.3 is 9.47 Å². The molecule has 0 spiro atoms. The van der Waals surface area contributed by atoms with E-state index in [1.54, 1.807) is 13.8 Å². The molecular weight excluding hydrogens is 586 g/mol. The predicted octanol–water partition coefficient (Wildman–Crippen LogP) is 6.07. The van der Waals surface area contributed by atoms with Gasteiger partial charge in [0.05, 0.1) is 18.9 Å². The second kappa shape index (κ2) is 12.2. The molecule has 1 fully saturated rings. The summed E-state index contributed by atoms with van der Waals surface area (Å²) >= 11 is 0. The van der Waals surface area contributed by atoms with Crippen LogP contribution in [0.25, 0.3) is 11.3 Å². The number of hydrogen-bond acceptors (Lipinski definition) is 8. The van der Waals surface area contributed by atoms with E-state index < -0.39 is 41.1 Å². The zero-order valence-electron chi connectivity index (χ0n) is 23.4. The van der Waals surface area contributed by atoms with Gasteiger partial charge in [-0.1, -0.05) is 26.2 Å². The van der Waals surface area contributed by atoms with Crippen molar-refractivity contribution in [1.29, 1.82) is 0 Å². The summed E-state index contributed by atoms with van der Waals surface area (Å²) in [4.78, 5) is 31.3. The smallest absolute Gasteiger partial charge is 0.433 e. The van der Waals surface area contributed by atoms with Gasteiger partial charge in [-0.05, 0) is 38.8 Å². The zero-order valence-corrected chi connectivity index (χ0v) is 23.4. The molecule has 4 aromatic heterocycles. The Kier molecular flexibility index (Phi) is 8.97. The number of aromatic nitrogens is 6. The van der Waals surface area contributed by atoms with Gasteiger partial charge in [-0.15, -0.1) is 0 Å². The van der Waals surface area contributed by atoms with Crippen molar-refractivity contribution in [2.45, 2.75) is 70.6 Å². The van der Waals surface area contributed by atoms with Crippen molar-refractivity contribution in [2.75, 3.05) is 13.2 Å². The van der Waals surface area contributed by atoms with Crippen LogP contribution in [0.5, 0.6) is 0 Å². The number of fused-ring (bicyclic) bond motifs is 2. The lowest BCUT2D eigenvalue weighted by molar-refractivity contribution is -0.143. The molecule has 1 aliphatic carbocycles. The van der Waals surface area contributed by atoms with Crippen LogP contribution in [0, 0.1) is 0 Å². The summed E-state index contributed by atoms with van der Waals surface area (Å²) in [5, 5.41) is 7.32. The monoisotopic (exact) mass is 614 g/mol. The number of esters is 2. The first kappa shape index (κ1) is 31.7. The van der Waals surface area contributed by atoms with E-state index in [9.17, 15) is 35.9 Å². The Bertz CT molecular complexity index is 1620. The Morgan fingerprint density at radius 2 is 1.33 bits per heavy atom. The lowest BCUT2D eigenvalue weighted by Crippen LogP contribution is -2.28. The first-order chi connectivity index (χ1) is 20.2. The van der Waals surface area contributed by atoms with Crippen LogP contribution in [0.4, 0.5) is 26.3 Å². The number of carbonyl (C=O) groups is 2. The topological polar surface area (TPSA) is 113 Å². The lowest BCUT2D eigenvalue weighted by Gasteiger charge is -2.33. The first-order valence-corrected chi connectivity index (χ1v) is 13.4. The van der Waals surface area contributed by atoms with Crippen LogP contribution in [0.15, 0.2) is 30.5 Å². The van der Waals surface area contributed by atoms with Crippen LogP contribution in [0.2, 0.25) is 0 Å². The number of hydrogen-bond donors (Lipinski definition) is 0. The number of ether oxygens (including phenoxy) is 2. The Labute approximate surface area is 241 Å². The van der Waals surface area contributed by atoms with Crippen molar-refractivity contribution >= 4 is 23.2 Å². The maximum atomic E-state index is 13.5. The number of rotatable bonds is 5. The van der Waals surface area contributed by atoms with E-state index in [1.165, 1.54) is 6.07 Å². The molecule has 0 aromatic carbocycles. The average molecular weight is 615 g/mol. The van der Waals surface area contributed by atoms with Crippen LogP contribution in [0.1, 0.15) is 90.9 Å². The predicted molar refractivity (Wildman–Crippen MR) is 138 cm³/mol. The van der Waals surface area contributed by atoms with Crippen LogP contribution < -0.4 is 0 Å². The third kappa shape index (κ3) is 6.88. The van der Waals surface area contributed by atoms with E-state index in [-0.39, 0.29) is 35.9 Å². The molecule has 232 valence electrons. The minimum absolute atomic E-state index is 0.0136. The summed E-state index contributed by atoms with van der Waals surface area (Å²) < 4.78 is 89.4. The van der Waals surface area contributed by atoms with Gasteiger partial charge in [-0.25, -0.2) is 28.6 Å². The lowest BCUT2D eigenvalue weighted by atomic mass is 9.73. The van der Waals surface area contributed by atoms with Crippen molar-refractivity contribution in [3.05, 3.63) is 58.9 Å². The molecule has 5 rings (SSSR count). The molecule has 10 nitrogen and oxygen atoms in total. The van der Waals surface area contributed by atoms with Gasteiger partial charge in [-0.2, -0.15) is 36.5 Å². The van der Waals surface area contributed by atoms with Gasteiger partial charge in [0, 0.05) is 23.7 Å². The van der Waals surface area contributed by atoms with E-state index in [0.717, 1.165) is 56.5 Å². The summed E-state index contributed by atoms with van der Waals surface area (Å²) in [6.07, 6.45) is -3.54. The molecule has 0 bridgehead atoms. The summed E-state index contributed by atoms with van der Waals surface area (Å²) in [6, 6.07) is 4.26. The van der Waals surface area contributed by atoms with Crippen LogP contribution >= 0.6 is 0 Å². The molecule has 0 aliphatic heterocycles. The van der Waals surface area contributed by atoms with Gasteiger partial charge in [0.1, 0.15) is 11.4 Å². The molecule has 4 aromatic rings. The van der Waals surface area contributed by atoms with Crippen LogP contribution in [0.3, 0.4) is 0 Å². The third-order valence-electron chi connectivity index (χ3n) is 6.91. The summed E-state index contributed by atoms with van der Waals surface area (Å²) in [6.45, 7) is 5.40. The third-order valence-corrected chi connectivity index (χ3v) is 6.91. The molecule has 1 aliphatic rings. The molecule has 1 saturated carbocycles. The van der Waals surface area contributed by atoms with Gasteiger partial charge in [0.15, 0.2) is 22.7 Å². The van der Waals surface area contributed by atoms with Gasteiger partial charge >= 0.3 is 24.3 Å². The highest BCUT2D eigenvalue weighted by atomic mass is 19.4. The summed E-state index contributed by atoms with van der Waals surface area (Å²) in [7, 11) is 0. The van der Waals surface area contributed by atoms with Crippen molar-refractivity contribution in [1.82, 2.24) is 29.2 Å². The van der Waals surface area contributed by atoms with E-state index >= 15 is 0 Å². The molecule has 0 radical (unpaired) electrons. The van der Waals surface area contributed by atoms with Gasteiger partial charge in [0.25, 0.3) is 0 Å². The fraction of sp³-hybridized carbons (Fsp3) is 0.481. The highest BCUT2D eigenvalue weighted by Gasteiger charge is 2.39. The van der Waals surface area contributed by atoms with E-state index in [1.807, 2.05) is 6.92 Å². The minimum Gasteiger partial charge on any atom is -0.461 e. The number of halogens is 6. The maximum absolute atomic E-state index is 13.5. The molecule has 0 atom stereocenters. The van der Waals surface area contributed by atoms with E-state index in [4.69, 9.17) is 4.74 Å². The van der Waals surface area contributed by atoms with Gasteiger partial charge in [-0.3, -0.25) is 0 Å². The first-order valence-electron chi connectivity index (χ1n) is 13.4. The van der Waals surface area contributed by atoms with Crippen LogP contribution in [-0.4, -0.2) is 54.3 Å². The highest BCUT2D eigenvalue weighted by Crippen LogP contribution is 2.40. The quantitative estimate of drug-likeness (QED) is 0.197. The Morgan fingerprint density at radius 1 is 0.814 bits per heavy atom. The fourth-order valence-corrected chi connectivity index (χ4v) is 4.79. The number of nitrogens with zero attached hydrogens (tertiary/aromatic N) is 6.